The monoisotopic (exact) mass is 468 g/mol. The van der Waals surface area contributed by atoms with Gasteiger partial charge in [0, 0.05) is 43.5 Å². The Morgan fingerprint density at radius 2 is 1.64 bits per heavy atom. The zero-order valence-electron chi connectivity index (χ0n) is 20.2. The molecule has 176 valence electrons. The van der Waals surface area contributed by atoms with Crippen LogP contribution in [0.3, 0.4) is 0 Å². The summed E-state index contributed by atoms with van der Waals surface area (Å²) in [6.45, 7) is 10.4. The fourth-order valence-electron chi connectivity index (χ4n) is 3.97. The number of hydrogen-bond acceptors (Lipinski definition) is 4. The molecule has 0 bridgehead atoms. The highest BCUT2D eigenvalue weighted by Gasteiger charge is 2.26. The average Bonchev–Trinajstić information content (AvgIpc) is 3.08. The number of benzene rings is 2. The lowest BCUT2D eigenvalue weighted by Crippen LogP contribution is -2.32. The lowest BCUT2D eigenvalue weighted by Gasteiger charge is -2.21. The Morgan fingerprint density at radius 3 is 2.24 bits per heavy atom. The first-order valence-corrected chi connectivity index (χ1v) is 12.5. The molecule has 1 amide bonds. The molecule has 1 heterocycles. The van der Waals surface area contributed by atoms with Crippen molar-refractivity contribution >= 4 is 15.9 Å². The van der Waals surface area contributed by atoms with E-state index in [-0.39, 0.29) is 10.8 Å². The van der Waals surface area contributed by atoms with Crippen molar-refractivity contribution in [2.75, 3.05) is 20.1 Å². The van der Waals surface area contributed by atoms with Crippen molar-refractivity contribution in [1.82, 2.24) is 19.0 Å². The van der Waals surface area contributed by atoms with Crippen LogP contribution in [0.15, 0.2) is 53.4 Å². The summed E-state index contributed by atoms with van der Waals surface area (Å²) < 4.78 is 29.4. The summed E-state index contributed by atoms with van der Waals surface area (Å²) >= 11 is 0. The highest BCUT2D eigenvalue weighted by atomic mass is 32.2. The normalized spacial score (nSPS) is 11.7. The van der Waals surface area contributed by atoms with Crippen molar-refractivity contribution < 1.29 is 13.2 Å². The third-order valence-corrected chi connectivity index (χ3v) is 8.13. The number of aryl methyl sites for hydroxylation is 2. The second-order valence-corrected chi connectivity index (χ2v) is 10.0. The zero-order valence-corrected chi connectivity index (χ0v) is 21.0. The predicted molar refractivity (Wildman–Crippen MR) is 130 cm³/mol. The Labute approximate surface area is 196 Å². The van der Waals surface area contributed by atoms with Gasteiger partial charge in [-0.3, -0.25) is 4.79 Å². The molecule has 8 heteroatoms. The van der Waals surface area contributed by atoms with E-state index in [1.54, 1.807) is 44.9 Å². The third kappa shape index (κ3) is 4.86. The molecule has 3 aromatic rings. The molecule has 0 aliphatic rings. The van der Waals surface area contributed by atoms with Gasteiger partial charge in [0.2, 0.25) is 10.0 Å². The first-order valence-electron chi connectivity index (χ1n) is 11.1. The maximum Gasteiger partial charge on any atom is 0.253 e. The summed E-state index contributed by atoms with van der Waals surface area (Å²) in [6.07, 6.45) is 0. The number of nitrogens with zero attached hydrogens (tertiary/aromatic N) is 4. The molecule has 0 N–H and O–H groups in total. The SMILES string of the molecule is CCN(CC)S(=O)(=O)c1cc(C(=O)N(C)Cc2c(C)nn(-c3ccccc3)c2C)ccc1C. The summed E-state index contributed by atoms with van der Waals surface area (Å²) in [6, 6.07) is 14.7. The molecule has 0 saturated carbocycles. The third-order valence-electron chi connectivity index (χ3n) is 5.94. The van der Waals surface area contributed by atoms with Gasteiger partial charge < -0.3 is 4.90 Å². The van der Waals surface area contributed by atoms with E-state index in [2.05, 4.69) is 5.10 Å². The van der Waals surface area contributed by atoms with Crippen LogP contribution in [-0.4, -0.2) is 53.4 Å². The predicted octanol–water partition coefficient (Wildman–Crippen LogP) is 4.10. The molecular weight excluding hydrogens is 436 g/mol. The van der Waals surface area contributed by atoms with E-state index >= 15 is 0 Å². The van der Waals surface area contributed by atoms with Crippen LogP contribution >= 0.6 is 0 Å². The van der Waals surface area contributed by atoms with Gasteiger partial charge in [0.15, 0.2) is 0 Å². The molecule has 33 heavy (non-hydrogen) atoms. The number of hydrogen-bond donors (Lipinski definition) is 0. The first kappa shape index (κ1) is 24.7. The van der Waals surface area contributed by atoms with Crippen molar-refractivity contribution in [3.8, 4) is 5.69 Å². The van der Waals surface area contributed by atoms with Crippen molar-refractivity contribution in [3.05, 3.63) is 76.6 Å². The van der Waals surface area contributed by atoms with Crippen LogP contribution in [-0.2, 0) is 16.6 Å². The van der Waals surface area contributed by atoms with Crippen molar-refractivity contribution in [3.63, 3.8) is 0 Å². The highest BCUT2D eigenvalue weighted by Crippen LogP contribution is 2.24. The number of rotatable bonds is 8. The van der Waals surface area contributed by atoms with Crippen LogP contribution in [0.5, 0.6) is 0 Å². The second kappa shape index (κ2) is 9.89. The van der Waals surface area contributed by atoms with Crippen molar-refractivity contribution in [1.29, 1.82) is 0 Å². The van der Waals surface area contributed by atoms with Crippen molar-refractivity contribution in [2.24, 2.45) is 0 Å². The molecule has 0 aliphatic carbocycles. The minimum absolute atomic E-state index is 0.176. The lowest BCUT2D eigenvalue weighted by molar-refractivity contribution is 0.0784. The fraction of sp³-hybridized carbons (Fsp3) is 0.360. The first-order chi connectivity index (χ1) is 15.6. The number of aromatic nitrogens is 2. The number of amides is 1. The molecule has 7 nitrogen and oxygen atoms in total. The van der Waals surface area contributed by atoms with E-state index in [1.807, 2.05) is 48.9 Å². The number of carbonyl (C=O) groups excluding carboxylic acids is 1. The van der Waals surface area contributed by atoms with Gasteiger partial charge in [-0.1, -0.05) is 38.1 Å². The molecule has 0 spiro atoms. The highest BCUT2D eigenvalue weighted by molar-refractivity contribution is 7.89. The fourth-order valence-corrected chi connectivity index (χ4v) is 5.68. The summed E-state index contributed by atoms with van der Waals surface area (Å²) in [5.41, 5.74) is 4.72. The van der Waals surface area contributed by atoms with Crippen LogP contribution in [0.2, 0.25) is 0 Å². The lowest BCUT2D eigenvalue weighted by atomic mass is 10.1. The Kier molecular flexibility index (Phi) is 7.39. The molecule has 3 rings (SSSR count). The summed E-state index contributed by atoms with van der Waals surface area (Å²) in [5, 5.41) is 4.66. The molecule has 0 atom stereocenters. The molecule has 0 radical (unpaired) electrons. The van der Waals surface area contributed by atoms with E-state index in [0.29, 0.717) is 30.8 Å². The minimum atomic E-state index is -3.66. The maximum atomic E-state index is 13.2. The van der Waals surface area contributed by atoms with Crippen LogP contribution < -0.4 is 0 Å². The Bertz CT molecular complexity index is 1250. The maximum absolute atomic E-state index is 13.2. The quantitative estimate of drug-likeness (QED) is 0.499. The summed E-state index contributed by atoms with van der Waals surface area (Å²) in [4.78, 5) is 15.0. The van der Waals surface area contributed by atoms with E-state index in [9.17, 15) is 13.2 Å². The zero-order chi connectivity index (χ0) is 24.3. The van der Waals surface area contributed by atoms with Crippen LogP contribution in [0.4, 0.5) is 0 Å². The van der Waals surface area contributed by atoms with Gasteiger partial charge in [-0.15, -0.1) is 0 Å². The van der Waals surface area contributed by atoms with Gasteiger partial charge >= 0.3 is 0 Å². The Hall–Kier alpha value is -2.97. The standard InChI is InChI=1S/C25H32N4O3S/c1-7-28(8-2)33(31,32)24-16-21(15-14-18(24)3)25(30)27(6)17-23-19(4)26-29(20(23)5)22-12-10-9-11-13-22/h9-16H,7-8,17H2,1-6H3. The second-order valence-electron chi connectivity index (χ2n) is 8.13. The summed E-state index contributed by atoms with van der Waals surface area (Å²) in [7, 11) is -1.94. The van der Waals surface area contributed by atoms with Crippen molar-refractivity contribution in [2.45, 2.75) is 46.1 Å². The van der Waals surface area contributed by atoms with E-state index in [0.717, 1.165) is 22.6 Å². The van der Waals surface area contributed by atoms with Gasteiger partial charge in [-0.05, 0) is 50.6 Å². The number of para-hydroxylation sites is 1. The van der Waals surface area contributed by atoms with E-state index in [1.165, 1.54) is 10.4 Å². The summed E-state index contributed by atoms with van der Waals surface area (Å²) in [5.74, 6) is -0.239. The largest absolute Gasteiger partial charge is 0.337 e. The molecule has 0 saturated heterocycles. The van der Waals surface area contributed by atoms with E-state index in [4.69, 9.17) is 0 Å². The van der Waals surface area contributed by atoms with Gasteiger partial charge in [-0.25, -0.2) is 13.1 Å². The van der Waals surface area contributed by atoms with Crippen LogP contribution in [0, 0.1) is 20.8 Å². The smallest absolute Gasteiger partial charge is 0.253 e. The number of carbonyl (C=O) groups is 1. The minimum Gasteiger partial charge on any atom is -0.337 e. The topological polar surface area (TPSA) is 75.5 Å². The van der Waals surface area contributed by atoms with Gasteiger partial charge in [0.05, 0.1) is 16.3 Å². The van der Waals surface area contributed by atoms with Gasteiger partial charge in [0.25, 0.3) is 5.91 Å². The molecule has 0 fully saturated rings. The van der Waals surface area contributed by atoms with Gasteiger partial charge in [-0.2, -0.15) is 9.40 Å². The van der Waals surface area contributed by atoms with Crippen LogP contribution in [0.25, 0.3) is 5.69 Å². The average molecular weight is 469 g/mol. The van der Waals surface area contributed by atoms with E-state index < -0.39 is 10.0 Å². The molecule has 0 aliphatic heterocycles. The molecular formula is C25H32N4O3S. The Morgan fingerprint density at radius 1 is 1.00 bits per heavy atom. The molecule has 1 aromatic heterocycles. The number of sulfonamides is 1. The van der Waals surface area contributed by atoms with Crippen LogP contribution in [0.1, 0.15) is 46.7 Å². The van der Waals surface area contributed by atoms with Gasteiger partial charge in [0.1, 0.15) is 0 Å². The Balaban J connectivity index is 1.90. The molecule has 2 aromatic carbocycles. The molecule has 0 unspecified atom stereocenters.